The Morgan fingerprint density at radius 2 is 2.09 bits per heavy atom. The Morgan fingerprint density at radius 1 is 1.22 bits per heavy atom. The Hall–Kier alpha value is -2.79. The topological polar surface area (TPSA) is 56.8 Å². The van der Waals surface area contributed by atoms with Crippen LogP contribution in [0, 0.1) is 0 Å². The van der Waals surface area contributed by atoms with Crippen molar-refractivity contribution in [3.8, 4) is 11.5 Å². The van der Waals surface area contributed by atoms with Crippen LogP contribution < -0.4 is 14.8 Å². The van der Waals surface area contributed by atoms with Crippen molar-refractivity contribution in [2.24, 2.45) is 0 Å². The minimum absolute atomic E-state index is 0.197. The summed E-state index contributed by atoms with van der Waals surface area (Å²) in [6.07, 6.45) is 3.22. The second-order valence-corrected chi connectivity index (χ2v) is 5.07. The first-order valence-electron chi connectivity index (χ1n) is 7.21. The Morgan fingerprint density at radius 3 is 2.96 bits per heavy atom. The molecular formula is C18H17NO4. The van der Waals surface area contributed by atoms with Crippen molar-refractivity contribution in [3.63, 3.8) is 0 Å². The number of anilines is 1. The molecule has 0 fully saturated rings. The van der Waals surface area contributed by atoms with Crippen molar-refractivity contribution in [1.29, 1.82) is 0 Å². The molecule has 0 radical (unpaired) electrons. The number of methoxy groups -OCH3 is 1. The summed E-state index contributed by atoms with van der Waals surface area (Å²) in [5.74, 6) is 1.22. The predicted octanol–water partition coefficient (Wildman–Crippen LogP) is 3.21. The summed E-state index contributed by atoms with van der Waals surface area (Å²) in [5, 5.41) is 2.83. The molecule has 5 heteroatoms. The van der Waals surface area contributed by atoms with Crippen LogP contribution in [-0.2, 0) is 16.1 Å². The van der Waals surface area contributed by atoms with Crippen molar-refractivity contribution in [1.82, 2.24) is 0 Å². The number of nitrogens with one attached hydrogen (secondary N) is 1. The van der Waals surface area contributed by atoms with E-state index in [1.54, 1.807) is 13.2 Å². The molecule has 0 aliphatic carbocycles. The van der Waals surface area contributed by atoms with Gasteiger partial charge in [-0.15, -0.1) is 0 Å². The zero-order valence-electron chi connectivity index (χ0n) is 12.7. The van der Waals surface area contributed by atoms with Crippen molar-refractivity contribution in [3.05, 3.63) is 59.7 Å². The minimum Gasteiger partial charge on any atom is -0.454 e. The van der Waals surface area contributed by atoms with Crippen molar-refractivity contribution in [2.45, 2.75) is 6.61 Å². The van der Waals surface area contributed by atoms with Crippen LogP contribution in [-0.4, -0.2) is 19.8 Å². The van der Waals surface area contributed by atoms with Crippen LogP contribution in [0.1, 0.15) is 11.1 Å². The Labute approximate surface area is 134 Å². The number of fused-ring (bicyclic) bond motifs is 1. The summed E-state index contributed by atoms with van der Waals surface area (Å²) >= 11 is 0. The van der Waals surface area contributed by atoms with Gasteiger partial charge in [-0.2, -0.15) is 0 Å². The Balaban J connectivity index is 1.63. The maximum absolute atomic E-state index is 12.0. The van der Waals surface area contributed by atoms with Gasteiger partial charge >= 0.3 is 0 Å². The summed E-state index contributed by atoms with van der Waals surface area (Å²) in [5.41, 5.74) is 2.61. The van der Waals surface area contributed by atoms with Gasteiger partial charge in [0.2, 0.25) is 12.7 Å². The van der Waals surface area contributed by atoms with Gasteiger partial charge in [0.1, 0.15) is 0 Å². The molecule has 5 nitrogen and oxygen atoms in total. The number of carbonyl (C=O) groups is 1. The van der Waals surface area contributed by atoms with E-state index >= 15 is 0 Å². The molecule has 1 aliphatic heterocycles. The molecule has 0 aromatic heterocycles. The highest BCUT2D eigenvalue weighted by Crippen LogP contribution is 2.32. The van der Waals surface area contributed by atoms with Crippen LogP contribution in [0.3, 0.4) is 0 Å². The van der Waals surface area contributed by atoms with Crippen LogP contribution in [0.25, 0.3) is 6.08 Å². The first-order valence-corrected chi connectivity index (χ1v) is 7.21. The van der Waals surface area contributed by atoms with Crippen LogP contribution >= 0.6 is 0 Å². The van der Waals surface area contributed by atoms with Crippen molar-refractivity contribution in [2.75, 3.05) is 19.2 Å². The number of hydrogen-bond donors (Lipinski definition) is 1. The van der Waals surface area contributed by atoms with Gasteiger partial charge in [-0.05, 0) is 41.5 Å². The quantitative estimate of drug-likeness (QED) is 0.862. The third-order valence-corrected chi connectivity index (χ3v) is 3.33. The van der Waals surface area contributed by atoms with Crippen LogP contribution in [0.4, 0.5) is 5.69 Å². The SMILES string of the molecule is COCc1cccc(NC(=O)/C=C/c2ccc3c(c2)OCO3)c1. The average Bonchev–Trinajstić information content (AvgIpc) is 3.01. The number of ether oxygens (including phenoxy) is 3. The molecule has 118 valence electrons. The summed E-state index contributed by atoms with van der Waals surface area (Å²) < 4.78 is 15.6. The summed E-state index contributed by atoms with van der Waals surface area (Å²) in [4.78, 5) is 12.0. The molecule has 1 heterocycles. The van der Waals surface area contributed by atoms with Gasteiger partial charge in [-0.1, -0.05) is 18.2 Å². The molecule has 1 aliphatic rings. The molecular weight excluding hydrogens is 294 g/mol. The van der Waals surface area contributed by atoms with E-state index in [-0.39, 0.29) is 12.7 Å². The lowest BCUT2D eigenvalue weighted by molar-refractivity contribution is -0.111. The molecule has 0 spiro atoms. The molecule has 2 aromatic rings. The highest BCUT2D eigenvalue weighted by atomic mass is 16.7. The fourth-order valence-electron chi connectivity index (χ4n) is 2.28. The second kappa shape index (κ2) is 6.98. The third-order valence-electron chi connectivity index (χ3n) is 3.33. The van der Waals surface area contributed by atoms with Gasteiger partial charge in [0.25, 0.3) is 0 Å². The fraction of sp³-hybridized carbons (Fsp3) is 0.167. The zero-order chi connectivity index (χ0) is 16.1. The summed E-state index contributed by atoms with van der Waals surface area (Å²) in [6.45, 7) is 0.748. The zero-order valence-corrected chi connectivity index (χ0v) is 12.7. The van der Waals surface area contributed by atoms with Crippen LogP contribution in [0.2, 0.25) is 0 Å². The van der Waals surface area contributed by atoms with E-state index in [0.29, 0.717) is 12.4 Å². The largest absolute Gasteiger partial charge is 0.454 e. The monoisotopic (exact) mass is 311 g/mol. The van der Waals surface area contributed by atoms with Crippen molar-refractivity contribution >= 4 is 17.7 Å². The minimum atomic E-state index is -0.197. The molecule has 23 heavy (non-hydrogen) atoms. The number of benzene rings is 2. The van der Waals surface area contributed by atoms with Crippen molar-refractivity contribution < 1.29 is 19.0 Å². The predicted molar refractivity (Wildman–Crippen MR) is 87.4 cm³/mol. The van der Waals surface area contributed by atoms with Gasteiger partial charge in [0, 0.05) is 18.9 Å². The van der Waals surface area contributed by atoms with E-state index in [0.717, 1.165) is 22.6 Å². The standard InChI is InChI=1S/C18H17NO4/c1-21-11-14-3-2-4-15(9-14)19-18(20)8-6-13-5-7-16-17(10-13)23-12-22-16/h2-10H,11-12H2,1H3,(H,19,20)/b8-6+. The van der Waals surface area contributed by atoms with Crippen LogP contribution in [0.5, 0.6) is 11.5 Å². The molecule has 0 unspecified atom stereocenters. The molecule has 0 saturated heterocycles. The first kappa shape index (κ1) is 15.1. The Bertz CT molecular complexity index is 740. The lowest BCUT2D eigenvalue weighted by Crippen LogP contribution is -2.07. The number of carbonyl (C=O) groups excluding carboxylic acids is 1. The number of hydrogen-bond acceptors (Lipinski definition) is 4. The smallest absolute Gasteiger partial charge is 0.248 e. The molecule has 0 saturated carbocycles. The van der Waals surface area contributed by atoms with E-state index in [2.05, 4.69) is 5.32 Å². The molecule has 1 N–H and O–H groups in total. The van der Waals surface area contributed by atoms with Gasteiger partial charge < -0.3 is 19.5 Å². The lowest BCUT2D eigenvalue weighted by Gasteiger charge is -2.05. The van der Waals surface area contributed by atoms with Gasteiger partial charge in [-0.3, -0.25) is 4.79 Å². The molecule has 0 bridgehead atoms. The fourth-order valence-corrected chi connectivity index (χ4v) is 2.28. The van der Waals surface area contributed by atoms with E-state index < -0.39 is 0 Å². The maximum Gasteiger partial charge on any atom is 0.248 e. The van der Waals surface area contributed by atoms with E-state index in [4.69, 9.17) is 14.2 Å². The van der Waals surface area contributed by atoms with Crippen LogP contribution in [0.15, 0.2) is 48.5 Å². The third kappa shape index (κ3) is 3.90. The second-order valence-electron chi connectivity index (χ2n) is 5.07. The highest BCUT2D eigenvalue weighted by Gasteiger charge is 2.12. The molecule has 0 atom stereocenters. The molecule has 1 amide bonds. The molecule has 2 aromatic carbocycles. The number of amides is 1. The first-order chi connectivity index (χ1) is 11.2. The molecule has 3 rings (SSSR count). The number of rotatable bonds is 5. The van der Waals surface area contributed by atoms with E-state index in [9.17, 15) is 4.79 Å². The maximum atomic E-state index is 12.0. The normalized spacial score (nSPS) is 12.6. The lowest BCUT2D eigenvalue weighted by atomic mass is 10.2. The summed E-state index contributed by atoms with van der Waals surface area (Å²) in [7, 11) is 1.64. The Kier molecular flexibility index (Phi) is 4.59. The van der Waals surface area contributed by atoms with E-state index in [1.165, 1.54) is 6.08 Å². The summed E-state index contributed by atoms with van der Waals surface area (Å²) in [6, 6.07) is 13.1. The van der Waals surface area contributed by atoms with Gasteiger partial charge in [0.05, 0.1) is 6.61 Å². The van der Waals surface area contributed by atoms with E-state index in [1.807, 2.05) is 42.5 Å². The van der Waals surface area contributed by atoms with Gasteiger partial charge in [-0.25, -0.2) is 0 Å². The highest BCUT2D eigenvalue weighted by molar-refractivity contribution is 6.02. The van der Waals surface area contributed by atoms with Gasteiger partial charge in [0.15, 0.2) is 11.5 Å². The average molecular weight is 311 g/mol.